The summed E-state index contributed by atoms with van der Waals surface area (Å²) in [5.74, 6) is 1.55. The van der Waals surface area contributed by atoms with Gasteiger partial charge >= 0.3 is 0 Å². The minimum Gasteiger partial charge on any atom is -0.496 e. The number of benzene rings is 2. The van der Waals surface area contributed by atoms with Gasteiger partial charge in [0.25, 0.3) is 0 Å². The lowest BCUT2D eigenvalue weighted by Crippen LogP contribution is -1.93. The van der Waals surface area contributed by atoms with Crippen LogP contribution in [0.5, 0.6) is 11.5 Å². The number of nitrogen functional groups attached to an aromatic ring is 1. The van der Waals surface area contributed by atoms with Gasteiger partial charge in [-0.25, -0.2) is 0 Å². The van der Waals surface area contributed by atoms with Crippen LogP contribution in [0.1, 0.15) is 0 Å². The van der Waals surface area contributed by atoms with Gasteiger partial charge in [0.15, 0.2) is 0 Å². The highest BCUT2D eigenvalue weighted by atomic mass is 16.5. The summed E-state index contributed by atoms with van der Waals surface area (Å²) in [5, 5.41) is 1.87. The third-order valence-electron chi connectivity index (χ3n) is 2.44. The van der Waals surface area contributed by atoms with Gasteiger partial charge in [0.05, 0.1) is 19.6 Å². The zero-order chi connectivity index (χ0) is 10.8. The normalized spacial score (nSPS) is 10.3. The Morgan fingerprint density at radius 3 is 2.27 bits per heavy atom. The first-order valence-corrected chi connectivity index (χ1v) is 4.67. The molecule has 3 nitrogen and oxygen atoms in total. The molecule has 3 heteroatoms. The van der Waals surface area contributed by atoms with Crippen LogP contribution in [0.25, 0.3) is 10.8 Å². The summed E-state index contributed by atoms with van der Waals surface area (Å²) in [5.41, 5.74) is 6.62. The Hall–Kier alpha value is -1.90. The summed E-state index contributed by atoms with van der Waals surface area (Å²) in [6, 6.07) is 9.44. The smallest absolute Gasteiger partial charge is 0.130 e. The lowest BCUT2D eigenvalue weighted by atomic mass is 10.1. The number of ether oxygens (including phenoxy) is 2. The molecule has 0 aliphatic heterocycles. The summed E-state index contributed by atoms with van der Waals surface area (Å²) in [6.45, 7) is 0. The fourth-order valence-electron chi connectivity index (χ4n) is 1.70. The van der Waals surface area contributed by atoms with E-state index in [4.69, 9.17) is 15.2 Å². The first kappa shape index (κ1) is 9.65. The molecule has 0 fully saturated rings. The Labute approximate surface area is 88.4 Å². The lowest BCUT2D eigenvalue weighted by molar-refractivity contribution is 0.405. The van der Waals surface area contributed by atoms with E-state index in [1.165, 1.54) is 0 Å². The van der Waals surface area contributed by atoms with Crippen molar-refractivity contribution in [1.29, 1.82) is 0 Å². The van der Waals surface area contributed by atoms with Gasteiger partial charge in [-0.2, -0.15) is 0 Å². The monoisotopic (exact) mass is 203 g/mol. The lowest BCUT2D eigenvalue weighted by Gasteiger charge is -2.11. The van der Waals surface area contributed by atoms with E-state index in [1.54, 1.807) is 14.2 Å². The van der Waals surface area contributed by atoms with E-state index in [2.05, 4.69) is 0 Å². The van der Waals surface area contributed by atoms with Crippen LogP contribution in [-0.4, -0.2) is 14.2 Å². The van der Waals surface area contributed by atoms with Gasteiger partial charge < -0.3 is 15.2 Å². The molecule has 15 heavy (non-hydrogen) atoms. The summed E-state index contributed by atoms with van der Waals surface area (Å²) in [6.07, 6.45) is 0. The molecule has 2 rings (SSSR count). The van der Waals surface area contributed by atoms with Crippen molar-refractivity contribution < 1.29 is 9.47 Å². The van der Waals surface area contributed by atoms with Crippen LogP contribution in [0.3, 0.4) is 0 Å². The molecule has 0 spiro atoms. The highest BCUT2D eigenvalue weighted by molar-refractivity contribution is 6.01. The van der Waals surface area contributed by atoms with Crippen LogP contribution in [0.2, 0.25) is 0 Å². The molecule has 78 valence electrons. The van der Waals surface area contributed by atoms with Gasteiger partial charge in [-0.1, -0.05) is 12.1 Å². The van der Waals surface area contributed by atoms with Crippen LogP contribution in [-0.2, 0) is 0 Å². The van der Waals surface area contributed by atoms with Crippen LogP contribution in [0.4, 0.5) is 5.69 Å². The summed E-state index contributed by atoms with van der Waals surface area (Å²) >= 11 is 0. The molecule has 0 aliphatic rings. The zero-order valence-electron chi connectivity index (χ0n) is 8.78. The molecule has 2 aromatic rings. The predicted octanol–water partition coefficient (Wildman–Crippen LogP) is 2.44. The van der Waals surface area contributed by atoms with Crippen molar-refractivity contribution in [2.24, 2.45) is 0 Å². The fraction of sp³-hybridized carbons (Fsp3) is 0.167. The highest BCUT2D eigenvalue weighted by Gasteiger charge is 2.09. The molecule has 0 atom stereocenters. The van der Waals surface area contributed by atoms with Crippen molar-refractivity contribution >= 4 is 16.5 Å². The maximum atomic E-state index is 5.89. The van der Waals surface area contributed by atoms with E-state index in [9.17, 15) is 0 Å². The Balaban J connectivity index is 2.87. The van der Waals surface area contributed by atoms with Crippen molar-refractivity contribution in [2.45, 2.75) is 0 Å². The van der Waals surface area contributed by atoms with Crippen LogP contribution < -0.4 is 15.2 Å². The summed E-state index contributed by atoms with van der Waals surface area (Å²) in [4.78, 5) is 0. The summed E-state index contributed by atoms with van der Waals surface area (Å²) < 4.78 is 10.6. The largest absolute Gasteiger partial charge is 0.496 e. The van der Waals surface area contributed by atoms with Crippen LogP contribution in [0.15, 0.2) is 30.3 Å². The second-order valence-electron chi connectivity index (χ2n) is 3.24. The van der Waals surface area contributed by atoms with Gasteiger partial charge in [-0.15, -0.1) is 0 Å². The number of nitrogens with two attached hydrogens (primary N) is 1. The topological polar surface area (TPSA) is 44.5 Å². The van der Waals surface area contributed by atoms with Crippen LogP contribution in [0, 0.1) is 0 Å². The molecule has 0 saturated heterocycles. The third-order valence-corrected chi connectivity index (χ3v) is 2.44. The van der Waals surface area contributed by atoms with E-state index in [0.29, 0.717) is 0 Å². The van der Waals surface area contributed by atoms with E-state index < -0.39 is 0 Å². The van der Waals surface area contributed by atoms with Crippen molar-refractivity contribution in [3.05, 3.63) is 30.3 Å². The Morgan fingerprint density at radius 1 is 0.933 bits per heavy atom. The standard InChI is InChI=1S/C12H13NO2/c1-14-10-5-3-4-8-9(13)6-7-11(15-2)12(8)10/h3-7H,13H2,1-2H3. The SMILES string of the molecule is COc1cccc2c(N)ccc(OC)c12. The molecule has 0 amide bonds. The molecule has 0 unspecified atom stereocenters. The Morgan fingerprint density at radius 2 is 1.60 bits per heavy atom. The van der Waals surface area contributed by atoms with Gasteiger partial charge in [0.2, 0.25) is 0 Å². The van der Waals surface area contributed by atoms with Crippen molar-refractivity contribution in [1.82, 2.24) is 0 Å². The first-order valence-electron chi connectivity index (χ1n) is 4.67. The Kier molecular flexibility index (Phi) is 2.37. The van der Waals surface area contributed by atoms with Crippen molar-refractivity contribution in [2.75, 3.05) is 20.0 Å². The minimum absolute atomic E-state index is 0.727. The Bertz CT molecular complexity index is 484. The predicted molar refractivity (Wildman–Crippen MR) is 61.5 cm³/mol. The second-order valence-corrected chi connectivity index (χ2v) is 3.24. The highest BCUT2D eigenvalue weighted by Crippen LogP contribution is 2.36. The molecule has 0 bridgehead atoms. The van der Waals surface area contributed by atoms with Crippen molar-refractivity contribution in [3.63, 3.8) is 0 Å². The molecule has 0 saturated carbocycles. The third kappa shape index (κ3) is 1.46. The molecule has 2 aromatic carbocycles. The maximum Gasteiger partial charge on any atom is 0.130 e. The van der Waals surface area contributed by atoms with E-state index in [1.807, 2.05) is 30.3 Å². The zero-order valence-corrected chi connectivity index (χ0v) is 8.78. The van der Waals surface area contributed by atoms with Gasteiger partial charge in [-0.05, 0) is 18.2 Å². The maximum absolute atomic E-state index is 5.89. The van der Waals surface area contributed by atoms with Crippen LogP contribution >= 0.6 is 0 Å². The van der Waals surface area contributed by atoms with Gasteiger partial charge in [-0.3, -0.25) is 0 Å². The minimum atomic E-state index is 0.727. The first-order chi connectivity index (χ1) is 7.27. The van der Waals surface area contributed by atoms with E-state index >= 15 is 0 Å². The summed E-state index contributed by atoms with van der Waals surface area (Å²) in [7, 11) is 3.27. The van der Waals surface area contributed by atoms with Gasteiger partial charge in [0.1, 0.15) is 11.5 Å². The van der Waals surface area contributed by atoms with E-state index in [0.717, 1.165) is 28.0 Å². The molecule has 0 radical (unpaired) electrons. The average Bonchev–Trinajstić information content (AvgIpc) is 2.29. The number of hydrogen-bond acceptors (Lipinski definition) is 3. The van der Waals surface area contributed by atoms with Crippen molar-refractivity contribution in [3.8, 4) is 11.5 Å². The molecule has 0 heterocycles. The molecular formula is C12H13NO2. The number of hydrogen-bond donors (Lipinski definition) is 1. The van der Waals surface area contributed by atoms with E-state index in [-0.39, 0.29) is 0 Å². The second kappa shape index (κ2) is 3.69. The molecule has 0 aromatic heterocycles. The number of anilines is 1. The molecular weight excluding hydrogens is 190 g/mol. The fourth-order valence-corrected chi connectivity index (χ4v) is 1.70. The average molecular weight is 203 g/mol. The molecule has 2 N–H and O–H groups in total. The molecule has 0 aliphatic carbocycles. The number of fused-ring (bicyclic) bond motifs is 1. The number of methoxy groups -OCH3 is 2. The quantitative estimate of drug-likeness (QED) is 0.762. The number of rotatable bonds is 2. The van der Waals surface area contributed by atoms with Gasteiger partial charge in [0, 0.05) is 11.1 Å².